The Balaban J connectivity index is 2.10. The molecule has 2 heterocycles. The Kier molecular flexibility index (Phi) is 2.37. The van der Waals surface area contributed by atoms with Crippen molar-refractivity contribution in [3.8, 4) is 0 Å². The van der Waals surface area contributed by atoms with Gasteiger partial charge in [-0.15, -0.1) is 5.10 Å². The first-order valence-electron chi connectivity index (χ1n) is 4.60. The highest BCUT2D eigenvalue weighted by molar-refractivity contribution is 5.94. The molecular weight excluding hydrogens is 194 g/mol. The molecule has 0 amide bonds. The minimum atomic E-state index is -0.0800. The average molecular weight is 205 g/mol. The van der Waals surface area contributed by atoms with Crippen molar-refractivity contribution >= 4 is 5.78 Å². The second kappa shape index (κ2) is 3.68. The highest BCUT2D eigenvalue weighted by atomic mass is 16.3. The van der Waals surface area contributed by atoms with Gasteiger partial charge < -0.3 is 4.42 Å². The third kappa shape index (κ3) is 2.12. The SMILES string of the molecule is Cc1ccc(C(=O)Cc2cn(C)nn2)o1. The van der Waals surface area contributed by atoms with Crippen LogP contribution >= 0.6 is 0 Å². The molecule has 0 fully saturated rings. The average Bonchev–Trinajstić information content (AvgIpc) is 2.75. The third-order valence-corrected chi connectivity index (χ3v) is 2.01. The molecular formula is C10H11N3O2. The van der Waals surface area contributed by atoms with E-state index in [0.29, 0.717) is 11.5 Å². The van der Waals surface area contributed by atoms with Gasteiger partial charge in [0.15, 0.2) is 5.76 Å². The number of Topliss-reactive ketones (excluding diaryl/α,β-unsaturated/α-hetero) is 1. The van der Waals surface area contributed by atoms with Gasteiger partial charge in [-0.3, -0.25) is 9.48 Å². The van der Waals surface area contributed by atoms with E-state index in [0.717, 1.165) is 5.76 Å². The highest BCUT2D eigenvalue weighted by Gasteiger charge is 2.12. The molecule has 5 nitrogen and oxygen atoms in total. The minimum absolute atomic E-state index is 0.0800. The fraction of sp³-hybridized carbons (Fsp3) is 0.300. The van der Waals surface area contributed by atoms with E-state index in [1.54, 1.807) is 37.0 Å². The van der Waals surface area contributed by atoms with Crippen LogP contribution in [0.5, 0.6) is 0 Å². The Morgan fingerprint density at radius 3 is 2.87 bits per heavy atom. The summed E-state index contributed by atoms with van der Waals surface area (Å²) >= 11 is 0. The largest absolute Gasteiger partial charge is 0.458 e. The van der Waals surface area contributed by atoms with Gasteiger partial charge >= 0.3 is 0 Å². The Hall–Kier alpha value is -1.91. The summed E-state index contributed by atoms with van der Waals surface area (Å²) in [5.41, 5.74) is 0.650. The van der Waals surface area contributed by atoms with Crippen molar-refractivity contribution in [1.29, 1.82) is 0 Å². The molecule has 0 N–H and O–H groups in total. The number of aryl methyl sites for hydroxylation is 2. The molecule has 0 saturated carbocycles. The van der Waals surface area contributed by atoms with E-state index in [-0.39, 0.29) is 12.2 Å². The van der Waals surface area contributed by atoms with Gasteiger partial charge in [-0.25, -0.2) is 0 Å². The lowest BCUT2D eigenvalue weighted by Gasteiger charge is -1.92. The molecule has 0 bridgehead atoms. The number of ketones is 1. The molecule has 0 saturated heterocycles. The first kappa shape index (κ1) is 9.64. The summed E-state index contributed by atoms with van der Waals surface area (Å²) in [6.45, 7) is 1.80. The smallest absolute Gasteiger partial charge is 0.204 e. The van der Waals surface area contributed by atoms with Crippen molar-refractivity contribution in [3.05, 3.63) is 35.5 Å². The van der Waals surface area contributed by atoms with E-state index in [1.165, 1.54) is 0 Å². The van der Waals surface area contributed by atoms with Crippen molar-refractivity contribution in [1.82, 2.24) is 15.0 Å². The second-order valence-electron chi connectivity index (χ2n) is 3.39. The molecule has 0 aromatic carbocycles. The molecule has 78 valence electrons. The van der Waals surface area contributed by atoms with Gasteiger partial charge in [-0.2, -0.15) is 0 Å². The number of carbonyl (C=O) groups is 1. The second-order valence-corrected chi connectivity index (χ2v) is 3.39. The van der Waals surface area contributed by atoms with Crippen LogP contribution in [-0.2, 0) is 13.5 Å². The fourth-order valence-electron chi connectivity index (χ4n) is 1.31. The van der Waals surface area contributed by atoms with Crippen molar-refractivity contribution < 1.29 is 9.21 Å². The van der Waals surface area contributed by atoms with Crippen molar-refractivity contribution in [3.63, 3.8) is 0 Å². The molecule has 2 aromatic heterocycles. The summed E-state index contributed by atoms with van der Waals surface area (Å²) in [5.74, 6) is 1.03. The van der Waals surface area contributed by atoms with Gasteiger partial charge in [0.2, 0.25) is 5.78 Å². The van der Waals surface area contributed by atoms with Crippen molar-refractivity contribution in [2.45, 2.75) is 13.3 Å². The summed E-state index contributed by atoms with van der Waals surface area (Å²) in [5, 5.41) is 7.59. The first-order valence-corrected chi connectivity index (χ1v) is 4.60. The van der Waals surface area contributed by atoms with Crippen LogP contribution in [0.4, 0.5) is 0 Å². The Bertz CT molecular complexity index is 484. The van der Waals surface area contributed by atoms with Crippen molar-refractivity contribution in [2.24, 2.45) is 7.05 Å². The molecule has 0 radical (unpaired) electrons. The predicted octanol–water partition coefficient (Wildman–Crippen LogP) is 1.14. The fourth-order valence-corrected chi connectivity index (χ4v) is 1.31. The molecule has 0 atom stereocenters. The minimum Gasteiger partial charge on any atom is -0.458 e. The van der Waals surface area contributed by atoms with Crippen LogP contribution in [-0.4, -0.2) is 20.8 Å². The van der Waals surface area contributed by atoms with Crippen LogP contribution in [0.25, 0.3) is 0 Å². The standard InChI is InChI=1S/C10H11N3O2/c1-7-3-4-10(15-7)9(14)5-8-6-13(2)12-11-8/h3-4,6H,5H2,1-2H3. The maximum absolute atomic E-state index is 11.7. The maximum atomic E-state index is 11.7. The normalized spacial score (nSPS) is 10.5. The van der Waals surface area contributed by atoms with Gasteiger partial charge in [0.1, 0.15) is 5.76 Å². The van der Waals surface area contributed by atoms with E-state index < -0.39 is 0 Å². The number of carbonyl (C=O) groups excluding carboxylic acids is 1. The number of aromatic nitrogens is 3. The lowest BCUT2D eigenvalue weighted by atomic mass is 10.2. The number of nitrogens with zero attached hydrogens (tertiary/aromatic N) is 3. The van der Waals surface area contributed by atoms with E-state index in [2.05, 4.69) is 10.3 Å². The Morgan fingerprint density at radius 2 is 2.33 bits per heavy atom. The lowest BCUT2D eigenvalue weighted by molar-refractivity contribution is 0.0964. The highest BCUT2D eigenvalue weighted by Crippen LogP contribution is 2.09. The molecule has 0 aliphatic carbocycles. The van der Waals surface area contributed by atoms with Gasteiger partial charge in [0, 0.05) is 13.2 Å². The van der Waals surface area contributed by atoms with Crippen LogP contribution < -0.4 is 0 Å². The van der Waals surface area contributed by atoms with E-state index in [4.69, 9.17) is 4.42 Å². The molecule has 2 rings (SSSR count). The molecule has 0 spiro atoms. The molecule has 0 unspecified atom stereocenters. The van der Waals surface area contributed by atoms with Crippen LogP contribution in [0, 0.1) is 6.92 Å². The van der Waals surface area contributed by atoms with E-state index in [1.807, 2.05) is 0 Å². The van der Waals surface area contributed by atoms with Crippen LogP contribution in [0.2, 0.25) is 0 Å². The van der Waals surface area contributed by atoms with Crippen LogP contribution in [0.15, 0.2) is 22.7 Å². The Morgan fingerprint density at radius 1 is 1.53 bits per heavy atom. The number of furan rings is 1. The van der Waals surface area contributed by atoms with Crippen LogP contribution in [0.3, 0.4) is 0 Å². The van der Waals surface area contributed by atoms with Gasteiger partial charge in [-0.1, -0.05) is 5.21 Å². The predicted molar refractivity (Wildman–Crippen MR) is 52.5 cm³/mol. The van der Waals surface area contributed by atoms with E-state index >= 15 is 0 Å². The topological polar surface area (TPSA) is 60.9 Å². The van der Waals surface area contributed by atoms with Gasteiger partial charge in [-0.05, 0) is 19.1 Å². The zero-order valence-electron chi connectivity index (χ0n) is 8.60. The van der Waals surface area contributed by atoms with Crippen molar-refractivity contribution in [2.75, 3.05) is 0 Å². The first-order chi connectivity index (χ1) is 7.15. The number of hydrogen-bond donors (Lipinski definition) is 0. The summed E-state index contributed by atoms with van der Waals surface area (Å²) < 4.78 is 6.79. The number of hydrogen-bond acceptors (Lipinski definition) is 4. The summed E-state index contributed by atoms with van der Waals surface area (Å²) in [6.07, 6.45) is 1.94. The molecule has 0 aliphatic heterocycles. The Labute approximate surface area is 86.7 Å². The van der Waals surface area contributed by atoms with E-state index in [9.17, 15) is 4.79 Å². The molecule has 5 heteroatoms. The summed E-state index contributed by atoms with van der Waals surface area (Å²) in [4.78, 5) is 11.7. The zero-order chi connectivity index (χ0) is 10.8. The lowest BCUT2D eigenvalue weighted by Crippen LogP contribution is -2.02. The third-order valence-electron chi connectivity index (χ3n) is 2.01. The molecule has 2 aromatic rings. The monoisotopic (exact) mass is 205 g/mol. The molecule has 15 heavy (non-hydrogen) atoms. The zero-order valence-corrected chi connectivity index (χ0v) is 8.60. The van der Waals surface area contributed by atoms with Crippen LogP contribution in [0.1, 0.15) is 22.0 Å². The van der Waals surface area contributed by atoms with Gasteiger partial charge in [0.05, 0.1) is 12.1 Å². The maximum Gasteiger partial charge on any atom is 0.204 e. The molecule has 0 aliphatic rings. The quantitative estimate of drug-likeness (QED) is 0.705. The summed E-state index contributed by atoms with van der Waals surface area (Å²) in [7, 11) is 1.76. The van der Waals surface area contributed by atoms with Gasteiger partial charge in [0.25, 0.3) is 0 Å². The number of rotatable bonds is 3. The summed E-state index contributed by atoms with van der Waals surface area (Å²) in [6, 6.07) is 3.44.